The molecule has 2 unspecified atom stereocenters. The standard InChI is InChI=1S/C15H18BrNO4/c1-4-13-9(2)14(18)17(15(13)19)11-5-10(16)6-12(7-11)21-8-20-3/h5-7,9,13H,4,8H2,1-3H3. The predicted molar refractivity (Wildman–Crippen MR) is 82.1 cm³/mol. The van der Waals surface area contributed by atoms with Crippen LogP contribution in [0.3, 0.4) is 0 Å². The lowest BCUT2D eigenvalue weighted by Crippen LogP contribution is -2.30. The molecular formula is C15H18BrNO4. The van der Waals surface area contributed by atoms with Crippen LogP contribution in [0.1, 0.15) is 20.3 Å². The van der Waals surface area contributed by atoms with Crippen molar-refractivity contribution < 1.29 is 19.1 Å². The maximum atomic E-state index is 12.4. The third-order valence-electron chi connectivity index (χ3n) is 3.65. The summed E-state index contributed by atoms with van der Waals surface area (Å²) in [5, 5.41) is 0. The van der Waals surface area contributed by atoms with Crippen molar-refractivity contribution in [2.75, 3.05) is 18.8 Å². The van der Waals surface area contributed by atoms with Crippen molar-refractivity contribution in [3.05, 3.63) is 22.7 Å². The van der Waals surface area contributed by atoms with Gasteiger partial charge in [-0.25, -0.2) is 4.90 Å². The van der Waals surface area contributed by atoms with Crippen molar-refractivity contribution in [1.29, 1.82) is 0 Å². The summed E-state index contributed by atoms with van der Waals surface area (Å²) < 4.78 is 11.0. The van der Waals surface area contributed by atoms with Crippen molar-refractivity contribution >= 4 is 33.4 Å². The highest BCUT2D eigenvalue weighted by molar-refractivity contribution is 9.10. The first kappa shape index (κ1) is 16.0. The summed E-state index contributed by atoms with van der Waals surface area (Å²) in [7, 11) is 1.53. The molecule has 5 nitrogen and oxygen atoms in total. The Morgan fingerprint density at radius 3 is 2.52 bits per heavy atom. The predicted octanol–water partition coefficient (Wildman–Crippen LogP) is 2.97. The fraction of sp³-hybridized carbons (Fsp3) is 0.467. The van der Waals surface area contributed by atoms with Gasteiger partial charge in [0.1, 0.15) is 5.75 Å². The monoisotopic (exact) mass is 355 g/mol. The number of ether oxygens (including phenoxy) is 2. The minimum absolute atomic E-state index is 0.103. The van der Waals surface area contributed by atoms with Crippen LogP contribution in [0.5, 0.6) is 5.75 Å². The summed E-state index contributed by atoms with van der Waals surface area (Å²) >= 11 is 3.37. The second-order valence-electron chi connectivity index (χ2n) is 5.01. The lowest BCUT2D eigenvalue weighted by molar-refractivity contribution is -0.122. The number of rotatable bonds is 5. The highest BCUT2D eigenvalue weighted by Gasteiger charge is 2.44. The maximum Gasteiger partial charge on any atom is 0.237 e. The molecule has 2 rings (SSSR count). The Hall–Kier alpha value is -1.40. The molecule has 2 amide bonds. The van der Waals surface area contributed by atoms with Gasteiger partial charge in [-0.2, -0.15) is 0 Å². The number of hydrogen-bond acceptors (Lipinski definition) is 4. The van der Waals surface area contributed by atoms with Crippen LogP contribution in [-0.4, -0.2) is 25.7 Å². The lowest BCUT2D eigenvalue weighted by Gasteiger charge is -2.16. The first-order valence-corrected chi connectivity index (χ1v) is 7.59. The third kappa shape index (κ3) is 3.11. The maximum absolute atomic E-state index is 12.4. The van der Waals surface area contributed by atoms with Gasteiger partial charge >= 0.3 is 0 Å². The second-order valence-corrected chi connectivity index (χ2v) is 5.93. The Morgan fingerprint density at radius 1 is 1.24 bits per heavy atom. The number of halogens is 1. The zero-order chi connectivity index (χ0) is 15.6. The highest BCUT2D eigenvalue weighted by atomic mass is 79.9. The van der Waals surface area contributed by atoms with Gasteiger partial charge in [0.05, 0.1) is 11.6 Å². The third-order valence-corrected chi connectivity index (χ3v) is 4.11. The molecule has 1 aliphatic heterocycles. The van der Waals surface area contributed by atoms with Crippen LogP contribution >= 0.6 is 15.9 Å². The van der Waals surface area contributed by atoms with E-state index in [0.29, 0.717) is 17.9 Å². The van der Waals surface area contributed by atoms with E-state index in [4.69, 9.17) is 9.47 Å². The molecular weight excluding hydrogens is 338 g/mol. The molecule has 1 aliphatic rings. The molecule has 1 aromatic carbocycles. The van der Waals surface area contributed by atoms with E-state index in [9.17, 15) is 9.59 Å². The lowest BCUT2D eigenvalue weighted by atomic mass is 9.95. The molecule has 2 atom stereocenters. The van der Waals surface area contributed by atoms with Gasteiger partial charge in [-0.1, -0.05) is 29.8 Å². The molecule has 21 heavy (non-hydrogen) atoms. The second kappa shape index (κ2) is 6.58. The smallest absolute Gasteiger partial charge is 0.237 e. The van der Waals surface area contributed by atoms with Gasteiger partial charge in [0, 0.05) is 23.6 Å². The first-order valence-electron chi connectivity index (χ1n) is 6.79. The Bertz CT molecular complexity index is 561. The molecule has 1 fully saturated rings. The van der Waals surface area contributed by atoms with Crippen LogP contribution in [0.25, 0.3) is 0 Å². The van der Waals surface area contributed by atoms with Gasteiger partial charge in [0.15, 0.2) is 6.79 Å². The topological polar surface area (TPSA) is 55.8 Å². The Labute approximate surface area is 132 Å². The van der Waals surface area contributed by atoms with Gasteiger partial charge in [-0.3, -0.25) is 9.59 Å². The van der Waals surface area contributed by atoms with E-state index in [-0.39, 0.29) is 30.4 Å². The number of anilines is 1. The summed E-state index contributed by atoms with van der Waals surface area (Å²) in [5.74, 6) is -0.312. The molecule has 1 saturated heterocycles. The van der Waals surface area contributed by atoms with Crippen molar-refractivity contribution in [3.63, 3.8) is 0 Å². The van der Waals surface area contributed by atoms with Gasteiger partial charge in [-0.05, 0) is 18.6 Å². The van der Waals surface area contributed by atoms with Crippen LogP contribution in [-0.2, 0) is 14.3 Å². The van der Waals surface area contributed by atoms with Crippen LogP contribution < -0.4 is 9.64 Å². The normalized spacial score (nSPS) is 22.0. The number of hydrogen-bond donors (Lipinski definition) is 0. The molecule has 0 saturated carbocycles. The van der Waals surface area contributed by atoms with E-state index in [1.54, 1.807) is 25.1 Å². The molecule has 0 aromatic heterocycles. The van der Waals surface area contributed by atoms with Crippen molar-refractivity contribution in [1.82, 2.24) is 0 Å². The quantitative estimate of drug-likeness (QED) is 0.601. The zero-order valence-electron chi connectivity index (χ0n) is 12.3. The molecule has 6 heteroatoms. The zero-order valence-corrected chi connectivity index (χ0v) is 13.8. The van der Waals surface area contributed by atoms with Crippen molar-refractivity contribution in [2.24, 2.45) is 11.8 Å². The molecule has 0 radical (unpaired) electrons. The van der Waals surface area contributed by atoms with Crippen LogP contribution in [0.2, 0.25) is 0 Å². The number of carbonyl (C=O) groups is 2. The van der Waals surface area contributed by atoms with Gasteiger partial charge in [0.25, 0.3) is 0 Å². The molecule has 0 aliphatic carbocycles. The van der Waals surface area contributed by atoms with E-state index in [1.165, 1.54) is 12.0 Å². The largest absolute Gasteiger partial charge is 0.467 e. The van der Waals surface area contributed by atoms with E-state index in [1.807, 2.05) is 6.92 Å². The number of methoxy groups -OCH3 is 1. The van der Waals surface area contributed by atoms with Crippen LogP contribution in [0.4, 0.5) is 5.69 Å². The number of benzene rings is 1. The minimum atomic E-state index is -0.287. The molecule has 1 heterocycles. The highest BCUT2D eigenvalue weighted by Crippen LogP contribution is 2.35. The summed E-state index contributed by atoms with van der Waals surface area (Å²) in [4.78, 5) is 26.0. The summed E-state index contributed by atoms with van der Waals surface area (Å²) in [6.45, 7) is 3.82. The van der Waals surface area contributed by atoms with Gasteiger partial charge in [-0.15, -0.1) is 0 Å². The molecule has 0 bridgehead atoms. The number of amides is 2. The minimum Gasteiger partial charge on any atom is -0.467 e. The van der Waals surface area contributed by atoms with E-state index in [0.717, 1.165) is 4.47 Å². The van der Waals surface area contributed by atoms with Crippen molar-refractivity contribution in [3.8, 4) is 5.75 Å². The SMILES string of the molecule is CCC1C(=O)N(c2cc(Br)cc(OCOC)c2)C(=O)C1C. The van der Waals surface area contributed by atoms with E-state index >= 15 is 0 Å². The van der Waals surface area contributed by atoms with Gasteiger partial charge in [0.2, 0.25) is 11.8 Å². The molecule has 1 aromatic rings. The number of imide groups is 1. The Kier molecular flexibility index (Phi) is 5.00. The first-order chi connectivity index (χ1) is 9.99. The molecule has 0 N–H and O–H groups in total. The molecule has 114 valence electrons. The molecule has 0 spiro atoms. The number of nitrogens with zero attached hydrogens (tertiary/aromatic N) is 1. The summed E-state index contributed by atoms with van der Waals surface area (Å²) in [6, 6.07) is 5.17. The van der Waals surface area contributed by atoms with E-state index < -0.39 is 0 Å². The summed E-state index contributed by atoms with van der Waals surface area (Å²) in [6.07, 6.45) is 0.656. The van der Waals surface area contributed by atoms with E-state index in [2.05, 4.69) is 15.9 Å². The Balaban J connectivity index is 2.35. The van der Waals surface area contributed by atoms with Crippen molar-refractivity contribution in [2.45, 2.75) is 20.3 Å². The summed E-state index contributed by atoms with van der Waals surface area (Å²) in [5.41, 5.74) is 0.522. The van der Waals surface area contributed by atoms with Crippen LogP contribution in [0.15, 0.2) is 22.7 Å². The average Bonchev–Trinajstić information content (AvgIpc) is 2.66. The number of carbonyl (C=O) groups excluding carboxylic acids is 2. The fourth-order valence-electron chi connectivity index (χ4n) is 2.53. The average molecular weight is 356 g/mol. The fourth-order valence-corrected chi connectivity index (χ4v) is 2.99. The van der Waals surface area contributed by atoms with Crippen LogP contribution in [0, 0.1) is 11.8 Å². The Morgan fingerprint density at radius 2 is 1.95 bits per heavy atom. The van der Waals surface area contributed by atoms with Gasteiger partial charge < -0.3 is 9.47 Å².